The normalized spacial score (nSPS) is 43.8. The summed E-state index contributed by atoms with van der Waals surface area (Å²) in [6.45, 7) is 13.4. The predicted molar refractivity (Wildman–Crippen MR) is 133 cm³/mol. The molecule has 5 aliphatic rings. The van der Waals surface area contributed by atoms with Crippen molar-refractivity contribution in [1.82, 2.24) is 4.90 Å². The van der Waals surface area contributed by atoms with E-state index in [1.807, 2.05) is 0 Å². The number of nitrogens with zero attached hydrogens (tertiary/aromatic N) is 1. The number of ether oxygens (including phenoxy) is 1. The molecular weight excluding hydrogens is 410 g/mol. The molecule has 4 heteroatoms. The highest BCUT2D eigenvalue weighted by Crippen LogP contribution is 2.59. The molecule has 4 saturated carbocycles. The number of morpholine rings is 1. The highest BCUT2D eigenvalue weighted by atomic mass is 16.5. The molecule has 1 saturated heterocycles. The van der Waals surface area contributed by atoms with E-state index in [0.717, 1.165) is 48.7 Å². The van der Waals surface area contributed by atoms with E-state index in [0.29, 0.717) is 30.2 Å². The minimum absolute atomic E-state index is 0.395. The lowest BCUT2D eigenvalue weighted by Crippen LogP contribution is -2.50. The van der Waals surface area contributed by atoms with Gasteiger partial charge in [-0.2, -0.15) is 0 Å². The summed E-state index contributed by atoms with van der Waals surface area (Å²) >= 11 is 0. The maximum absolute atomic E-state index is 10.2. The van der Waals surface area contributed by atoms with E-state index in [2.05, 4.69) is 37.5 Å². The summed E-state index contributed by atoms with van der Waals surface area (Å²) in [6.07, 6.45) is 13.7. The second-order valence-electron chi connectivity index (χ2n) is 12.1. The van der Waals surface area contributed by atoms with E-state index >= 15 is 0 Å². The monoisotopic (exact) mass is 455 g/mol. The molecule has 0 radical (unpaired) electrons. The van der Waals surface area contributed by atoms with Crippen molar-refractivity contribution >= 4 is 0 Å². The van der Waals surface area contributed by atoms with Gasteiger partial charge in [0, 0.05) is 25.6 Å². The van der Waals surface area contributed by atoms with E-state index in [1.54, 1.807) is 5.57 Å². The van der Waals surface area contributed by atoms with Gasteiger partial charge in [-0.25, -0.2) is 0 Å². The van der Waals surface area contributed by atoms with Crippen LogP contribution in [0.2, 0.25) is 0 Å². The summed E-state index contributed by atoms with van der Waals surface area (Å²) in [5.74, 6) is 3.06. The number of aliphatic hydroxyl groups is 2. The quantitative estimate of drug-likeness (QED) is 0.621. The molecule has 1 aliphatic heterocycles. The molecule has 0 aromatic rings. The summed E-state index contributed by atoms with van der Waals surface area (Å²) in [4.78, 5) is 2.78. The Balaban J connectivity index is 1.29. The summed E-state index contributed by atoms with van der Waals surface area (Å²) in [5, 5.41) is 20.3. The first-order valence-electron chi connectivity index (χ1n) is 13.6. The highest BCUT2D eigenvalue weighted by molar-refractivity contribution is 5.38. The molecule has 4 aliphatic carbocycles. The molecule has 5 rings (SSSR count). The molecule has 0 bridgehead atoms. The lowest BCUT2D eigenvalue weighted by atomic mass is 9.61. The van der Waals surface area contributed by atoms with Gasteiger partial charge in [-0.3, -0.25) is 4.90 Å². The standard InChI is InChI=1S/C29H45NO3/c1-19(17-30-13-14-33-18-27(30)22-7-8-22)25-10-11-26-21(5-4-12-29(25,26)3)6-9-23-15-24(31)16-28(32)20(23)2/h6,9,19,22,24-28,31-32H,2,4-5,7-8,10-18H2,1,3H3/b21-6+,23-9-/t19?,24-,25-,26+,27-,28+,29-/m1/s1. The van der Waals surface area contributed by atoms with Gasteiger partial charge in [0.2, 0.25) is 0 Å². The first-order chi connectivity index (χ1) is 15.9. The lowest BCUT2D eigenvalue weighted by molar-refractivity contribution is -0.0312. The fourth-order valence-electron chi connectivity index (χ4n) is 7.98. The summed E-state index contributed by atoms with van der Waals surface area (Å²) in [6, 6.07) is 0.661. The Bertz CT molecular complexity index is 799. The van der Waals surface area contributed by atoms with Gasteiger partial charge in [0.05, 0.1) is 25.4 Å². The van der Waals surface area contributed by atoms with Crippen LogP contribution < -0.4 is 0 Å². The molecule has 0 aromatic carbocycles. The summed E-state index contributed by atoms with van der Waals surface area (Å²) in [7, 11) is 0. The third-order valence-corrected chi connectivity index (χ3v) is 9.96. The van der Waals surface area contributed by atoms with Crippen LogP contribution in [0.3, 0.4) is 0 Å². The Kier molecular flexibility index (Phi) is 6.92. The van der Waals surface area contributed by atoms with Gasteiger partial charge in [-0.1, -0.05) is 38.2 Å². The SMILES string of the molecule is C=C1/C(=C\C=C2/CCC[C@]3(C)[C@@H](C(C)CN4CCOC[C@@H]4C4CC4)CC[C@@H]23)C[C@@H](O)C[C@@H]1O. The zero-order chi connectivity index (χ0) is 23.2. The Labute approximate surface area is 200 Å². The molecule has 0 amide bonds. The van der Waals surface area contributed by atoms with Gasteiger partial charge in [0.1, 0.15) is 0 Å². The fourth-order valence-corrected chi connectivity index (χ4v) is 7.98. The zero-order valence-corrected chi connectivity index (χ0v) is 20.8. The van der Waals surface area contributed by atoms with Gasteiger partial charge < -0.3 is 14.9 Å². The van der Waals surface area contributed by atoms with Crippen molar-refractivity contribution in [3.63, 3.8) is 0 Å². The van der Waals surface area contributed by atoms with Crippen molar-refractivity contribution in [3.8, 4) is 0 Å². The third kappa shape index (κ3) is 4.78. The minimum atomic E-state index is -0.605. The Morgan fingerprint density at radius 2 is 2.03 bits per heavy atom. The second-order valence-corrected chi connectivity index (χ2v) is 12.1. The van der Waals surface area contributed by atoms with Crippen LogP contribution in [0.25, 0.3) is 0 Å². The Hall–Kier alpha value is -0.940. The third-order valence-electron chi connectivity index (χ3n) is 9.96. The Morgan fingerprint density at radius 3 is 2.82 bits per heavy atom. The van der Waals surface area contributed by atoms with Gasteiger partial charge in [0.15, 0.2) is 0 Å². The zero-order valence-electron chi connectivity index (χ0n) is 20.8. The van der Waals surface area contributed by atoms with Crippen LogP contribution in [0.5, 0.6) is 0 Å². The number of allylic oxidation sites excluding steroid dienone is 3. The smallest absolute Gasteiger partial charge is 0.0811 e. The van der Waals surface area contributed by atoms with Crippen LogP contribution in [0, 0.1) is 29.1 Å². The van der Waals surface area contributed by atoms with Crippen molar-refractivity contribution in [2.45, 2.75) is 89.9 Å². The highest BCUT2D eigenvalue weighted by Gasteiger charge is 2.51. The van der Waals surface area contributed by atoms with Crippen molar-refractivity contribution in [1.29, 1.82) is 0 Å². The number of fused-ring (bicyclic) bond motifs is 1. The van der Waals surface area contributed by atoms with Crippen LogP contribution in [0.15, 0.2) is 35.5 Å². The van der Waals surface area contributed by atoms with E-state index in [1.165, 1.54) is 51.5 Å². The summed E-state index contributed by atoms with van der Waals surface area (Å²) < 4.78 is 5.85. The van der Waals surface area contributed by atoms with Crippen LogP contribution in [0.1, 0.15) is 71.6 Å². The number of hydrogen-bond donors (Lipinski definition) is 2. The van der Waals surface area contributed by atoms with Crippen molar-refractivity contribution < 1.29 is 14.9 Å². The lowest BCUT2D eigenvalue weighted by Gasteiger charge is -2.46. The topological polar surface area (TPSA) is 52.9 Å². The van der Waals surface area contributed by atoms with Gasteiger partial charge in [0.25, 0.3) is 0 Å². The van der Waals surface area contributed by atoms with Gasteiger partial charge >= 0.3 is 0 Å². The van der Waals surface area contributed by atoms with Crippen LogP contribution in [0.4, 0.5) is 0 Å². The van der Waals surface area contributed by atoms with Gasteiger partial charge in [-0.05, 0) is 91.6 Å². The molecule has 1 heterocycles. The molecule has 1 unspecified atom stereocenters. The van der Waals surface area contributed by atoms with Crippen LogP contribution >= 0.6 is 0 Å². The van der Waals surface area contributed by atoms with E-state index < -0.39 is 12.2 Å². The molecule has 5 fully saturated rings. The maximum atomic E-state index is 10.2. The molecule has 0 spiro atoms. The van der Waals surface area contributed by atoms with E-state index in [-0.39, 0.29) is 0 Å². The average Bonchev–Trinajstić information content (AvgIpc) is 3.56. The predicted octanol–water partition coefficient (Wildman–Crippen LogP) is 4.87. The van der Waals surface area contributed by atoms with Crippen LogP contribution in [-0.4, -0.2) is 59.7 Å². The average molecular weight is 456 g/mol. The molecular formula is C29H45NO3. The number of hydrogen-bond acceptors (Lipinski definition) is 4. The number of aliphatic hydroxyl groups excluding tert-OH is 2. The van der Waals surface area contributed by atoms with E-state index in [4.69, 9.17) is 4.74 Å². The summed E-state index contributed by atoms with van der Waals surface area (Å²) in [5.41, 5.74) is 3.81. The number of rotatable bonds is 5. The van der Waals surface area contributed by atoms with Gasteiger partial charge in [-0.15, -0.1) is 0 Å². The van der Waals surface area contributed by atoms with Crippen molar-refractivity contribution in [2.75, 3.05) is 26.3 Å². The second kappa shape index (κ2) is 9.60. The first kappa shape index (κ1) is 23.8. The minimum Gasteiger partial charge on any atom is -0.393 e. The van der Waals surface area contributed by atoms with Crippen molar-refractivity contribution in [2.24, 2.45) is 29.1 Å². The first-order valence-corrected chi connectivity index (χ1v) is 13.6. The Morgan fingerprint density at radius 1 is 1.21 bits per heavy atom. The molecule has 4 nitrogen and oxygen atoms in total. The molecule has 184 valence electrons. The largest absolute Gasteiger partial charge is 0.393 e. The fraction of sp³-hybridized carbons (Fsp3) is 0.793. The molecule has 2 N–H and O–H groups in total. The molecule has 7 atom stereocenters. The molecule has 33 heavy (non-hydrogen) atoms. The van der Waals surface area contributed by atoms with E-state index in [9.17, 15) is 10.2 Å². The van der Waals surface area contributed by atoms with Crippen LogP contribution in [-0.2, 0) is 4.74 Å². The molecule has 0 aromatic heterocycles. The van der Waals surface area contributed by atoms with Crippen molar-refractivity contribution in [3.05, 3.63) is 35.5 Å². The maximum Gasteiger partial charge on any atom is 0.0811 e.